The van der Waals surface area contributed by atoms with E-state index < -0.39 is 11.7 Å². The molecule has 30 heavy (non-hydrogen) atoms. The summed E-state index contributed by atoms with van der Waals surface area (Å²) in [4.78, 5) is 24.4. The summed E-state index contributed by atoms with van der Waals surface area (Å²) in [6.45, 7) is 0. The third-order valence-electron chi connectivity index (χ3n) is 4.07. The fraction of sp³-hybridized carbons (Fsp3) is 0.0455. The Morgan fingerprint density at radius 3 is 2.27 bits per heavy atom. The van der Waals surface area contributed by atoms with Crippen LogP contribution in [-0.2, 0) is 0 Å². The number of amides is 2. The lowest BCUT2D eigenvalue weighted by atomic mass is 10.1. The highest BCUT2D eigenvalue weighted by molar-refractivity contribution is 9.10. The Morgan fingerprint density at radius 1 is 0.967 bits per heavy atom. The van der Waals surface area contributed by atoms with Crippen molar-refractivity contribution in [2.24, 2.45) is 5.10 Å². The van der Waals surface area contributed by atoms with Crippen LogP contribution in [0.1, 0.15) is 26.3 Å². The van der Waals surface area contributed by atoms with E-state index in [4.69, 9.17) is 4.74 Å². The summed E-state index contributed by atoms with van der Waals surface area (Å²) in [5.41, 5.74) is 4.35. The van der Waals surface area contributed by atoms with Gasteiger partial charge in [-0.3, -0.25) is 9.59 Å². The number of nitrogens with zero attached hydrogens (tertiary/aromatic N) is 1. The number of benzene rings is 3. The maximum atomic E-state index is 12.9. The van der Waals surface area contributed by atoms with Gasteiger partial charge >= 0.3 is 0 Å². The van der Waals surface area contributed by atoms with Crippen molar-refractivity contribution in [1.82, 2.24) is 5.43 Å². The number of anilines is 1. The second kappa shape index (κ2) is 9.80. The fourth-order valence-corrected chi connectivity index (χ4v) is 2.92. The van der Waals surface area contributed by atoms with Gasteiger partial charge in [0.05, 0.1) is 13.3 Å². The molecule has 0 unspecified atom stereocenters. The van der Waals surface area contributed by atoms with Crippen LogP contribution in [0.4, 0.5) is 10.1 Å². The number of methoxy groups -OCH3 is 1. The molecular formula is C22H17BrFN3O3. The molecule has 0 saturated carbocycles. The van der Waals surface area contributed by atoms with Crippen molar-refractivity contribution in [2.45, 2.75) is 0 Å². The number of hydrogen-bond acceptors (Lipinski definition) is 4. The van der Waals surface area contributed by atoms with Gasteiger partial charge in [-0.1, -0.05) is 15.9 Å². The molecule has 0 aliphatic carbocycles. The van der Waals surface area contributed by atoms with Crippen LogP contribution in [-0.4, -0.2) is 25.1 Å². The second-order valence-electron chi connectivity index (χ2n) is 6.12. The van der Waals surface area contributed by atoms with Crippen LogP contribution in [0, 0.1) is 5.82 Å². The first-order valence-corrected chi connectivity index (χ1v) is 9.59. The van der Waals surface area contributed by atoms with E-state index in [0.717, 1.165) is 4.47 Å². The van der Waals surface area contributed by atoms with Crippen molar-refractivity contribution >= 4 is 39.6 Å². The molecule has 0 aliphatic rings. The van der Waals surface area contributed by atoms with Gasteiger partial charge in [-0.05, 0) is 66.7 Å². The first-order chi connectivity index (χ1) is 14.5. The lowest BCUT2D eigenvalue weighted by Crippen LogP contribution is -2.18. The summed E-state index contributed by atoms with van der Waals surface area (Å²) in [7, 11) is 1.55. The zero-order valence-corrected chi connectivity index (χ0v) is 17.4. The van der Waals surface area contributed by atoms with Crippen molar-refractivity contribution in [3.8, 4) is 5.75 Å². The molecular weight excluding hydrogens is 453 g/mol. The largest absolute Gasteiger partial charge is 0.496 e. The lowest BCUT2D eigenvalue weighted by molar-refractivity contribution is 0.0954. The molecule has 8 heteroatoms. The van der Waals surface area contributed by atoms with Gasteiger partial charge in [-0.15, -0.1) is 0 Å². The molecule has 0 bridgehead atoms. The van der Waals surface area contributed by atoms with Gasteiger partial charge < -0.3 is 10.1 Å². The summed E-state index contributed by atoms with van der Waals surface area (Å²) in [5.74, 6) is -0.572. The molecule has 2 N–H and O–H groups in total. The number of nitrogens with one attached hydrogen (secondary N) is 2. The minimum Gasteiger partial charge on any atom is -0.496 e. The molecule has 0 saturated heterocycles. The van der Waals surface area contributed by atoms with Crippen molar-refractivity contribution in [1.29, 1.82) is 0 Å². The van der Waals surface area contributed by atoms with Gasteiger partial charge in [0.1, 0.15) is 11.6 Å². The van der Waals surface area contributed by atoms with Crippen LogP contribution < -0.4 is 15.5 Å². The van der Waals surface area contributed by atoms with Crippen molar-refractivity contribution < 1.29 is 18.7 Å². The monoisotopic (exact) mass is 469 g/mol. The van der Waals surface area contributed by atoms with E-state index in [1.165, 1.54) is 30.5 Å². The van der Waals surface area contributed by atoms with Crippen molar-refractivity contribution in [3.63, 3.8) is 0 Å². The van der Waals surface area contributed by atoms with Crippen LogP contribution in [0.3, 0.4) is 0 Å². The molecule has 0 heterocycles. The van der Waals surface area contributed by atoms with Gasteiger partial charge in [-0.25, -0.2) is 9.82 Å². The molecule has 0 atom stereocenters. The summed E-state index contributed by atoms with van der Waals surface area (Å²) >= 11 is 3.37. The average Bonchev–Trinajstić information content (AvgIpc) is 2.75. The maximum Gasteiger partial charge on any atom is 0.271 e. The predicted molar refractivity (Wildman–Crippen MR) is 117 cm³/mol. The third kappa shape index (κ3) is 5.51. The van der Waals surface area contributed by atoms with E-state index in [9.17, 15) is 14.0 Å². The lowest BCUT2D eigenvalue weighted by Gasteiger charge is -2.07. The van der Waals surface area contributed by atoms with E-state index in [1.54, 1.807) is 37.4 Å². The first-order valence-electron chi connectivity index (χ1n) is 8.80. The molecule has 0 aromatic heterocycles. The van der Waals surface area contributed by atoms with Crippen molar-refractivity contribution in [3.05, 3.63) is 93.7 Å². The van der Waals surface area contributed by atoms with Crippen LogP contribution in [0.25, 0.3) is 0 Å². The molecule has 3 aromatic carbocycles. The van der Waals surface area contributed by atoms with Gasteiger partial charge in [0, 0.05) is 26.9 Å². The average molecular weight is 470 g/mol. The second-order valence-corrected chi connectivity index (χ2v) is 7.04. The number of rotatable bonds is 6. The van der Waals surface area contributed by atoms with Gasteiger partial charge in [0.15, 0.2) is 0 Å². The van der Waals surface area contributed by atoms with Gasteiger partial charge in [0.25, 0.3) is 11.8 Å². The molecule has 0 aliphatic heterocycles. The van der Waals surface area contributed by atoms with E-state index in [0.29, 0.717) is 28.1 Å². The third-order valence-corrected chi connectivity index (χ3v) is 4.57. The standard InChI is InChI=1S/C22H17BrFN3O3/c1-30-20-11-6-17(23)12-16(20)13-25-27-22(29)15-4-9-19(10-5-15)26-21(28)14-2-7-18(24)8-3-14/h2-13H,1H3,(H,26,28)(H,27,29)/b25-13+. The Balaban J connectivity index is 1.60. The molecule has 3 aromatic rings. The molecule has 3 rings (SSSR count). The number of hydrogen-bond donors (Lipinski definition) is 2. The van der Waals surface area contributed by atoms with Crippen LogP contribution in [0.2, 0.25) is 0 Å². The van der Waals surface area contributed by atoms with Gasteiger partial charge in [0.2, 0.25) is 0 Å². The Hall–Kier alpha value is -3.52. The summed E-state index contributed by atoms with van der Waals surface area (Å²) in [6, 6.07) is 17.0. The van der Waals surface area contributed by atoms with Crippen LogP contribution in [0.5, 0.6) is 5.75 Å². The topological polar surface area (TPSA) is 79.8 Å². The van der Waals surface area contributed by atoms with Gasteiger partial charge in [-0.2, -0.15) is 5.10 Å². The molecule has 0 radical (unpaired) electrons. The summed E-state index contributed by atoms with van der Waals surface area (Å²) in [5, 5.41) is 6.64. The molecule has 152 valence electrons. The zero-order chi connectivity index (χ0) is 21.5. The normalized spacial score (nSPS) is 10.6. The number of carbonyl (C=O) groups is 2. The number of ether oxygens (including phenoxy) is 1. The zero-order valence-electron chi connectivity index (χ0n) is 15.9. The van der Waals surface area contributed by atoms with Crippen molar-refractivity contribution in [2.75, 3.05) is 12.4 Å². The Kier molecular flexibility index (Phi) is 6.92. The smallest absolute Gasteiger partial charge is 0.271 e. The van der Waals surface area contributed by atoms with E-state index in [1.807, 2.05) is 12.1 Å². The molecule has 2 amide bonds. The van der Waals surface area contributed by atoms with E-state index in [2.05, 4.69) is 31.8 Å². The summed E-state index contributed by atoms with van der Waals surface area (Å²) < 4.78 is 19.1. The molecule has 0 fully saturated rings. The predicted octanol–water partition coefficient (Wildman–Crippen LogP) is 4.61. The minimum absolute atomic E-state index is 0.329. The quantitative estimate of drug-likeness (QED) is 0.408. The van der Waals surface area contributed by atoms with E-state index in [-0.39, 0.29) is 5.91 Å². The van der Waals surface area contributed by atoms with Crippen LogP contribution in [0.15, 0.2) is 76.3 Å². The SMILES string of the molecule is COc1ccc(Br)cc1/C=N/NC(=O)c1ccc(NC(=O)c2ccc(F)cc2)cc1. The Bertz CT molecular complexity index is 1080. The first kappa shape index (κ1) is 21.2. The molecule has 0 spiro atoms. The fourth-order valence-electron chi connectivity index (χ4n) is 2.54. The maximum absolute atomic E-state index is 12.9. The number of halogens is 2. The highest BCUT2D eigenvalue weighted by Gasteiger charge is 2.08. The molecule has 6 nitrogen and oxygen atoms in total. The van der Waals surface area contributed by atoms with E-state index >= 15 is 0 Å². The highest BCUT2D eigenvalue weighted by atomic mass is 79.9. The Labute approximate surface area is 180 Å². The number of carbonyl (C=O) groups excluding carboxylic acids is 2. The highest BCUT2D eigenvalue weighted by Crippen LogP contribution is 2.21. The minimum atomic E-state index is -0.414. The number of hydrazone groups is 1. The Morgan fingerprint density at radius 2 is 1.60 bits per heavy atom. The summed E-state index contributed by atoms with van der Waals surface area (Å²) in [6.07, 6.45) is 1.48. The van der Waals surface area contributed by atoms with Crippen LogP contribution >= 0.6 is 15.9 Å².